The molecule has 1 saturated heterocycles. The maximum atomic E-state index is 12.7. The molecule has 2 N–H and O–H groups in total. The normalized spacial score (nSPS) is 22.8. The zero-order valence-corrected chi connectivity index (χ0v) is 14.8. The molecule has 1 aromatic carbocycles. The summed E-state index contributed by atoms with van der Waals surface area (Å²) in [4.78, 5) is 17.6. The molecule has 21 heavy (non-hydrogen) atoms. The van der Waals surface area contributed by atoms with Crippen molar-refractivity contribution < 1.29 is 9.90 Å². The van der Waals surface area contributed by atoms with Gasteiger partial charge in [-0.05, 0) is 63.8 Å². The van der Waals surface area contributed by atoms with Gasteiger partial charge in [0.15, 0.2) is 0 Å². The molecule has 1 atom stereocenters. The third-order valence-corrected chi connectivity index (χ3v) is 5.76. The monoisotopic (exact) mass is 414 g/mol. The minimum atomic E-state index is -0.788. The number of nitrogens with one attached hydrogen (secondary N) is 1. The molecule has 0 radical (unpaired) electrons. The molecule has 1 aromatic heterocycles. The number of piperidine rings is 1. The van der Waals surface area contributed by atoms with Crippen LogP contribution in [-0.2, 0) is 0 Å². The van der Waals surface area contributed by atoms with Crippen LogP contribution in [0.25, 0.3) is 10.9 Å². The summed E-state index contributed by atoms with van der Waals surface area (Å²) in [5.41, 5.74) is 0.775. The minimum Gasteiger partial charge on any atom is -0.388 e. The number of hydrogen-bond acceptors (Lipinski definition) is 2. The fourth-order valence-corrected chi connectivity index (χ4v) is 3.54. The Kier molecular flexibility index (Phi) is 3.88. The second kappa shape index (κ2) is 5.41. The van der Waals surface area contributed by atoms with Crippen LogP contribution in [0, 0.1) is 0 Å². The van der Waals surface area contributed by atoms with Gasteiger partial charge in [0.1, 0.15) is 0 Å². The summed E-state index contributed by atoms with van der Waals surface area (Å²) in [7, 11) is 0. The molecule has 2 aromatic rings. The van der Waals surface area contributed by atoms with Gasteiger partial charge in [0.2, 0.25) is 0 Å². The van der Waals surface area contributed by atoms with Crippen molar-refractivity contribution in [2.24, 2.45) is 0 Å². The lowest BCUT2D eigenvalue weighted by Crippen LogP contribution is -2.48. The fourth-order valence-electron chi connectivity index (χ4n) is 2.86. The van der Waals surface area contributed by atoms with E-state index in [2.05, 4.69) is 36.8 Å². The van der Waals surface area contributed by atoms with Gasteiger partial charge in [0.05, 0.1) is 11.2 Å². The lowest BCUT2D eigenvalue weighted by molar-refractivity contribution is -0.0106. The van der Waals surface area contributed by atoms with Crippen molar-refractivity contribution in [1.82, 2.24) is 9.88 Å². The van der Waals surface area contributed by atoms with Crippen molar-refractivity contribution >= 4 is 48.7 Å². The third-order valence-electron chi connectivity index (χ3n) is 3.92. The van der Waals surface area contributed by atoms with E-state index in [9.17, 15) is 9.90 Å². The quantitative estimate of drug-likeness (QED) is 0.746. The molecule has 1 amide bonds. The van der Waals surface area contributed by atoms with E-state index < -0.39 is 5.60 Å². The number of β-amino-alcohol motifs (C(OH)–C–C–N with tert-alkyl or cyclic N) is 1. The van der Waals surface area contributed by atoms with Crippen LogP contribution in [-0.4, -0.2) is 39.6 Å². The number of rotatable bonds is 1. The predicted octanol–water partition coefficient (Wildman–Crippen LogP) is 3.68. The van der Waals surface area contributed by atoms with Gasteiger partial charge in [-0.1, -0.05) is 0 Å². The Bertz CT molecular complexity index is 709. The molecule has 0 spiro atoms. The van der Waals surface area contributed by atoms with Gasteiger partial charge < -0.3 is 15.0 Å². The van der Waals surface area contributed by atoms with Crippen LogP contribution in [0.4, 0.5) is 0 Å². The van der Waals surface area contributed by atoms with Crippen molar-refractivity contribution in [1.29, 1.82) is 0 Å². The van der Waals surface area contributed by atoms with Crippen molar-refractivity contribution in [2.45, 2.75) is 25.4 Å². The van der Waals surface area contributed by atoms with Gasteiger partial charge in [-0.25, -0.2) is 0 Å². The minimum absolute atomic E-state index is 0.0320. The molecular weight excluding hydrogens is 400 g/mol. The summed E-state index contributed by atoms with van der Waals surface area (Å²) < 4.78 is 1.85. The van der Waals surface area contributed by atoms with E-state index in [1.807, 2.05) is 12.1 Å². The molecule has 1 unspecified atom stereocenters. The Morgan fingerprint density at radius 1 is 1.38 bits per heavy atom. The first-order chi connectivity index (χ1) is 9.87. The van der Waals surface area contributed by atoms with Gasteiger partial charge in [0, 0.05) is 39.1 Å². The number of carbonyl (C=O) groups is 1. The first-order valence-electron chi connectivity index (χ1n) is 6.85. The van der Waals surface area contributed by atoms with E-state index in [0.29, 0.717) is 18.7 Å². The number of fused-ring (bicyclic) bond motifs is 1. The van der Waals surface area contributed by atoms with Gasteiger partial charge >= 0.3 is 0 Å². The van der Waals surface area contributed by atoms with Crippen LogP contribution < -0.4 is 0 Å². The number of amides is 1. The number of aliphatic hydroxyl groups is 1. The van der Waals surface area contributed by atoms with Crippen LogP contribution in [0.5, 0.6) is 0 Å². The number of hydrogen-bond donors (Lipinski definition) is 2. The molecular formula is C15H16Br2N2O2. The SMILES string of the molecule is CC1(O)CCCN(C(=O)c2c[nH]c3cc(Br)c(Br)cc23)C1. The van der Waals surface area contributed by atoms with Crippen LogP contribution in [0.3, 0.4) is 0 Å². The second-order valence-corrected chi connectivity index (χ2v) is 7.55. The van der Waals surface area contributed by atoms with E-state index >= 15 is 0 Å². The van der Waals surface area contributed by atoms with E-state index in [-0.39, 0.29) is 5.91 Å². The van der Waals surface area contributed by atoms with Gasteiger partial charge in [-0.15, -0.1) is 0 Å². The Balaban J connectivity index is 1.96. The highest BCUT2D eigenvalue weighted by Gasteiger charge is 2.32. The highest BCUT2D eigenvalue weighted by molar-refractivity contribution is 9.13. The lowest BCUT2D eigenvalue weighted by Gasteiger charge is -2.36. The molecule has 4 nitrogen and oxygen atoms in total. The maximum absolute atomic E-state index is 12.7. The molecule has 0 bridgehead atoms. The molecule has 0 aliphatic carbocycles. The maximum Gasteiger partial charge on any atom is 0.256 e. The smallest absolute Gasteiger partial charge is 0.256 e. The van der Waals surface area contributed by atoms with Gasteiger partial charge in [0.25, 0.3) is 5.91 Å². The summed E-state index contributed by atoms with van der Waals surface area (Å²) in [5.74, 6) is -0.0320. The summed E-state index contributed by atoms with van der Waals surface area (Å²) >= 11 is 6.93. The highest BCUT2D eigenvalue weighted by atomic mass is 79.9. The molecule has 1 aliphatic rings. The number of benzene rings is 1. The van der Waals surface area contributed by atoms with Crippen molar-refractivity contribution in [2.75, 3.05) is 13.1 Å². The topological polar surface area (TPSA) is 56.3 Å². The Labute approximate surface area is 139 Å². The number of aromatic amines is 1. The van der Waals surface area contributed by atoms with Crippen molar-refractivity contribution in [3.05, 3.63) is 32.8 Å². The van der Waals surface area contributed by atoms with Crippen LogP contribution in [0.2, 0.25) is 0 Å². The first-order valence-corrected chi connectivity index (χ1v) is 8.44. The molecule has 6 heteroatoms. The predicted molar refractivity (Wildman–Crippen MR) is 89.5 cm³/mol. The average Bonchev–Trinajstić information content (AvgIpc) is 2.80. The number of aromatic nitrogens is 1. The lowest BCUT2D eigenvalue weighted by atomic mass is 9.94. The van der Waals surface area contributed by atoms with Gasteiger partial charge in [-0.3, -0.25) is 4.79 Å². The van der Waals surface area contributed by atoms with Crippen LogP contribution in [0.1, 0.15) is 30.1 Å². The largest absolute Gasteiger partial charge is 0.388 e. The van der Waals surface area contributed by atoms with Crippen molar-refractivity contribution in [3.8, 4) is 0 Å². The number of nitrogens with zero attached hydrogens (tertiary/aromatic N) is 1. The first kappa shape index (κ1) is 15.1. The Morgan fingerprint density at radius 2 is 2.10 bits per heavy atom. The Hall–Kier alpha value is -0.850. The second-order valence-electron chi connectivity index (χ2n) is 5.84. The van der Waals surface area contributed by atoms with E-state index in [1.54, 1.807) is 18.0 Å². The molecule has 0 saturated carbocycles. The third kappa shape index (κ3) is 2.89. The fraction of sp³-hybridized carbons (Fsp3) is 0.400. The average molecular weight is 416 g/mol. The molecule has 2 heterocycles. The number of carbonyl (C=O) groups excluding carboxylic acids is 1. The van der Waals surface area contributed by atoms with Crippen LogP contribution >= 0.6 is 31.9 Å². The van der Waals surface area contributed by atoms with E-state index in [0.717, 1.165) is 32.7 Å². The molecule has 1 fully saturated rings. The zero-order chi connectivity index (χ0) is 15.2. The zero-order valence-electron chi connectivity index (χ0n) is 11.6. The summed E-state index contributed by atoms with van der Waals surface area (Å²) in [6.45, 7) is 2.87. The molecule has 112 valence electrons. The summed E-state index contributed by atoms with van der Waals surface area (Å²) in [6.07, 6.45) is 3.31. The van der Waals surface area contributed by atoms with Gasteiger partial charge in [-0.2, -0.15) is 0 Å². The molecule has 3 rings (SSSR count). The number of likely N-dealkylation sites (tertiary alicyclic amines) is 1. The number of halogens is 2. The highest BCUT2D eigenvalue weighted by Crippen LogP contribution is 2.31. The molecule has 1 aliphatic heterocycles. The standard InChI is InChI=1S/C15H16Br2N2O2/c1-15(21)3-2-4-19(8-15)14(20)10-7-18-13-6-12(17)11(16)5-9(10)13/h5-7,18,21H,2-4,8H2,1H3. The summed E-state index contributed by atoms with van der Waals surface area (Å²) in [6, 6.07) is 3.88. The summed E-state index contributed by atoms with van der Waals surface area (Å²) in [5, 5.41) is 11.1. The van der Waals surface area contributed by atoms with E-state index in [4.69, 9.17) is 0 Å². The number of H-pyrrole nitrogens is 1. The Morgan fingerprint density at radius 3 is 2.81 bits per heavy atom. The van der Waals surface area contributed by atoms with Crippen molar-refractivity contribution in [3.63, 3.8) is 0 Å². The van der Waals surface area contributed by atoms with Crippen LogP contribution in [0.15, 0.2) is 27.3 Å². The van der Waals surface area contributed by atoms with E-state index in [1.165, 1.54) is 0 Å².